The SMILES string of the molecule is CNC(=O)C(Cc1ccc(NS(=O)(=O)O)cc1)NS(=O)(=O)c1cccc2ccccc12. The van der Waals surface area contributed by atoms with Gasteiger partial charge in [-0.2, -0.15) is 13.1 Å². The van der Waals surface area contributed by atoms with E-state index in [9.17, 15) is 21.6 Å². The van der Waals surface area contributed by atoms with Crippen molar-refractivity contribution in [3.05, 3.63) is 72.3 Å². The maximum Gasteiger partial charge on any atom is 0.357 e. The number of amides is 1. The molecule has 3 aromatic rings. The lowest BCUT2D eigenvalue weighted by molar-refractivity contribution is -0.122. The molecule has 0 aromatic heterocycles. The average Bonchev–Trinajstić information content (AvgIpc) is 2.72. The van der Waals surface area contributed by atoms with Crippen LogP contribution in [0.4, 0.5) is 5.69 Å². The van der Waals surface area contributed by atoms with Crippen LogP contribution in [0, 0.1) is 0 Å². The third-order valence-electron chi connectivity index (χ3n) is 4.54. The Morgan fingerprint density at radius 3 is 2.23 bits per heavy atom. The summed E-state index contributed by atoms with van der Waals surface area (Å²) in [5, 5.41) is 3.74. The summed E-state index contributed by atoms with van der Waals surface area (Å²) in [5.74, 6) is -0.524. The fraction of sp³-hybridized carbons (Fsp3) is 0.150. The van der Waals surface area contributed by atoms with Crippen LogP contribution in [0.25, 0.3) is 10.8 Å². The van der Waals surface area contributed by atoms with Gasteiger partial charge in [-0.05, 0) is 35.6 Å². The van der Waals surface area contributed by atoms with Gasteiger partial charge in [0.15, 0.2) is 0 Å². The van der Waals surface area contributed by atoms with Crippen LogP contribution in [-0.2, 0) is 31.5 Å². The van der Waals surface area contributed by atoms with Crippen molar-refractivity contribution >= 4 is 42.7 Å². The topological polar surface area (TPSA) is 142 Å². The number of hydrogen-bond acceptors (Lipinski definition) is 5. The van der Waals surface area contributed by atoms with Gasteiger partial charge in [0.25, 0.3) is 0 Å². The molecule has 31 heavy (non-hydrogen) atoms. The van der Waals surface area contributed by atoms with Crippen LogP contribution in [0.1, 0.15) is 5.56 Å². The van der Waals surface area contributed by atoms with Crippen molar-refractivity contribution in [2.45, 2.75) is 17.4 Å². The van der Waals surface area contributed by atoms with E-state index in [0.29, 0.717) is 10.9 Å². The number of anilines is 1. The van der Waals surface area contributed by atoms with Gasteiger partial charge in [0.05, 0.1) is 10.6 Å². The Labute approximate surface area is 180 Å². The molecule has 0 radical (unpaired) electrons. The number of hydrogen-bond donors (Lipinski definition) is 4. The van der Waals surface area contributed by atoms with Crippen molar-refractivity contribution < 1.29 is 26.2 Å². The summed E-state index contributed by atoms with van der Waals surface area (Å²) in [5.41, 5.74) is 0.703. The third-order valence-corrected chi connectivity index (χ3v) is 6.56. The molecule has 1 unspecified atom stereocenters. The van der Waals surface area contributed by atoms with Gasteiger partial charge in [-0.1, -0.05) is 48.5 Å². The van der Waals surface area contributed by atoms with Gasteiger partial charge in [-0.3, -0.25) is 14.1 Å². The minimum absolute atomic E-state index is 0.0236. The first kappa shape index (κ1) is 22.7. The highest BCUT2D eigenvalue weighted by Gasteiger charge is 2.26. The molecule has 0 spiro atoms. The Balaban J connectivity index is 1.87. The highest BCUT2D eigenvalue weighted by Crippen LogP contribution is 2.23. The molecule has 1 amide bonds. The van der Waals surface area contributed by atoms with Crippen LogP contribution in [0.3, 0.4) is 0 Å². The second-order valence-corrected chi connectivity index (χ2v) is 9.58. The van der Waals surface area contributed by atoms with E-state index in [-0.39, 0.29) is 17.0 Å². The zero-order valence-electron chi connectivity index (χ0n) is 16.4. The summed E-state index contributed by atoms with van der Waals surface area (Å²) >= 11 is 0. The van der Waals surface area contributed by atoms with E-state index in [1.54, 1.807) is 36.4 Å². The van der Waals surface area contributed by atoms with Crippen LogP contribution in [-0.4, -0.2) is 40.4 Å². The largest absolute Gasteiger partial charge is 0.358 e. The molecule has 0 heterocycles. The first-order chi connectivity index (χ1) is 14.6. The molecule has 3 aromatic carbocycles. The van der Waals surface area contributed by atoms with Crippen molar-refractivity contribution in [2.75, 3.05) is 11.8 Å². The Morgan fingerprint density at radius 1 is 0.935 bits per heavy atom. The van der Waals surface area contributed by atoms with Gasteiger partial charge in [0, 0.05) is 12.4 Å². The van der Waals surface area contributed by atoms with E-state index < -0.39 is 32.3 Å². The molecule has 4 N–H and O–H groups in total. The normalized spacial score (nSPS) is 13.0. The summed E-state index contributed by atoms with van der Waals surface area (Å²) in [6.45, 7) is 0. The third kappa shape index (κ3) is 5.79. The molecule has 0 aliphatic carbocycles. The lowest BCUT2D eigenvalue weighted by Crippen LogP contribution is -2.46. The molecule has 3 rings (SSSR count). The Kier molecular flexibility index (Phi) is 6.60. The fourth-order valence-electron chi connectivity index (χ4n) is 3.14. The lowest BCUT2D eigenvalue weighted by Gasteiger charge is -2.18. The summed E-state index contributed by atoms with van der Waals surface area (Å²) in [4.78, 5) is 12.4. The number of nitrogens with one attached hydrogen (secondary N) is 3. The van der Waals surface area contributed by atoms with Gasteiger partial charge >= 0.3 is 10.3 Å². The van der Waals surface area contributed by atoms with Crippen LogP contribution in [0.5, 0.6) is 0 Å². The molecule has 0 saturated carbocycles. The van der Waals surface area contributed by atoms with Crippen molar-refractivity contribution in [3.8, 4) is 0 Å². The lowest BCUT2D eigenvalue weighted by atomic mass is 10.1. The van der Waals surface area contributed by atoms with Crippen LogP contribution in [0.2, 0.25) is 0 Å². The molecular formula is C20H21N3O6S2. The van der Waals surface area contributed by atoms with E-state index in [1.165, 1.54) is 37.4 Å². The van der Waals surface area contributed by atoms with Gasteiger partial charge in [0.1, 0.15) is 6.04 Å². The summed E-state index contributed by atoms with van der Waals surface area (Å²) in [6, 6.07) is 16.7. The summed E-state index contributed by atoms with van der Waals surface area (Å²) in [6.07, 6.45) is 0.0236. The van der Waals surface area contributed by atoms with Crippen LogP contribution < -0.4 is 14.8 Å². The molecular weight excluding hydrogens is 442 g/mol. The van der Waals surface area contributed by atoms with E-state index in [0.717, 1.165) is 5.39 Å². The Bertz CT molecular complexity index is 1300. The smallest absolute Gasteiger partial charge is 0.357 e. The first-order valence-electron chi connectivity index (χ1n) is 9.15. The van der Waals surface area contributed by atoms with Gasteiger partial charge in [-0.15, -0.1) is 0 Å². The number of benzene rings is 3. The first-order valence-corrected chi connectivity index (χ1v) is 12.1. The average molecular weight is 464 g/mol. The molecule has 0 aliphatic heterocycles. The van der Waals surface area contributed by atoms with Gasteiger partial charge in [0.2, 0.25) is 15.9 Å². The van der Waals surface area contributed by atoms with Crippen molar-refractivity contribution in [1.29, 1.82) is 0 Å². The minimum Gasteiger partial charge on any atom is -0.358 e. The quantitative estimate of drug-likeness (QED) is 0.375. The predicted molar refractivity (Wildman–Crippen MR) is 117 cm³/mol. The molecule has 9 nitrogen and oxygen atoms in total. The predicted octanol–water partition coefficient (Wildman–Crippen LogP) is 1.69. The maximum absolute atomic E-state index is 13.1. The number of sulfonamides is 1. The second-order valence-electron chi connectivity index (χ2n) is 6.74. The summed E-state index contributed by atoms with van der Waals surface area (Å²) in [7, 11) is -7.03. The molecule has 11 heteroatoms. The zero-order valence-corrected chi connectivity index (χ0v) is 18.1. The number of fused-ring (bicyclic) bond motifs is 1. The number of rotatable bonds is 8. The fourth-order valence-corrected chi connectivity index (χ4v) is 5.00. The van der Waals surface area contributed by atoms with E-state index >= 15 is 0 Å². The number of carbonyl (C=O) groups excluding carboxylic acids is 1. The highest BCUT2D eigenvalue weighted by atomic mass is 32.2. The van der Waals surface area contributed by atoms with Crippen LogP contribution >= 0.6 is 0 Å². The molecule has 0 bridgehead atoms. The van der Waals surface area contributed by atoms with Crippen molar-refractivity contribution in [1.82, 2.24) is 10.0 Å². The van der Waals surface area contributed by atoms with E-state index in [2.05, 4.69) is 10.0 Å². The monoisotopic (exact) mass is 463 g/mol. The van der Waals surface area contributed by atoms with Crippen molar-refractivity contribution in [2.24, 2.45) is 0 Å². The Morgan fingerprint density at radius 2 is 1.58 bits per heavy atom. The van der Waals surface area contributed by atoms with Crippen molar-refractivity contribution in [3.63, 3.8) is 0 Å². The highest BCUT2D eigenvalue weighted by molar-refractivity contribution is 7.89. The zero-order chi connectivity index (χ0) is 22.6. The molecule has 0 saturated heterocycles. The molecule has 164 valence electrons. The van der Waals surface area contributed by atoms with Gasteiger partial charge < -0.3 is 5.32 Å². The molecule has 1 atom stereocenters. The maximum atomic E-state index is 13.1. The van der Waals surface area contributed by atoms with E-state index in [4.69, 9.17) is 4.55 Å². The number of likely N-dealkylation sites (N-methyl/N-ethyl adjacent to an activating group) is 1. The van der Waals surface area contributed by atoms with Gasteiger partial charge in [-0.25, -0.2) is 8.42 Å². The van der Waals surface area contributed by atoms with E-state index in [1.807, 2.05) is 4.72 Å². The molecule has 0 fully saturated rings. The second kappa shape index (κ2) is 9.02. The van der Waals surface area contributed by atoms with Crippen LogP contribution in [0.15, 0.2) is 71.6 Å². The molecule has 0 aliphatic rings. The summed E-state index contributed by atoms with van der Waals surface area (Å²) < 4.78 is 61.2. The standard InChI is InChI=1S/C20H21N3O6S2/c1-21-20(24)18(13-14-9-11-16(12-10-14)22-31(27,28)29)23-30(25,26)19-8-4-6-15-5-2-3-7-17(15)19/h2-12,18,22-23H,13H2,1H3,(H,21,24)(H,27,28,29). The number of carbonyl (C=O) groups is 1. The Hall–Kier alpha value is -2.99. The minimum atomic E-state index is -4.41.